The van der Waals surface area contributed by atoms with Gasteiger partial charge in [-0.3, -0.25) is 4.79 Å². The Hall–Kier alpha value is -1.75. The molecule has 0 radical (unpaired) electrons. The van der Waals surface area contributed by atoms with E-state index in [-0.39, 0.29) is 17.9 Å². The normalized spacial score (nSPS) is 13.9. The summed E-state index contributed by atoms with van der Waals surface area (Å²) in [6.07, 6.45) is 0.585. The molecule has 0 aromatic heterocycles. The number of methoxy groups -OCH3 is 1. The van der Waals surface area contributed by atoms with E-state index in [1.165, 1.54) is 19.2 Å². The number of nitrogens with one attached hydrogen (secondary N) is 1. The van der Waals surface area contributed by atoms with Gasteiger partial charge in [0.1, 0.15) is 11.5 Å². The fraction of sp³-hybridized carbons (Fsp3) is 0.533. The molecular formula is C15H23NO4. The second-order valence-electron chi connectivity index (χ2n) is 5.66. The highest BCUT2D eigenvalue weighted by Gasteiger charge is 2.23. The van der Waals surface area contributed by atoms with E-state index in [0.717, 1.165) is 0 Å². The lowest BCUT2D eigenvalue weighted by atomic mass is 9.94. The van der Waals surface area contributed by atoms with Gasteiger partial charge < -0.3 is 20.3 Å². The molecule has 0 saturated heterocycles. The Morgan fingerprint density at radius 2 is 2.10 bits per heavy atom. The lowest BCUT2D eigenvalue weighted by Crippen LogP contribution is -2.41. The van der Waals surface area contributed by atoms with Crippen LogP contribution >= 0.6 is 0 Å². The van der Waals surface area contributed by atoms with Crippen LogP contribution in [0.4, 0.5) is 0 Å². The molecule has 0 aliphatic heterocycles. The number of phenolic OH excluding ortho intramolecular Hbond substituents is 1. The number of rotatable bonds is 6. The fourth-order valence-corrected chi connectivity index (χ4v) is 2.15. The standard InChI is InChI=1S/C15H23NO4/c1-10(2)8-15(3,19)9-16-14(18)12-6-5-11(20-4)7-13(12)17/h5-7,10,17,19H,8-9H2,1-4H3,(H,16,18). The molecule has 0 aliphatic rings. The van der Waals surface area contributed by atoms with Gasteiger partial charge in [-0.05, 0) is 31.4 Å². The smallest absolute Gasteiger partial charge is 0.255 e. The third-order valence-corrected chi connectivity index (χ3v) is 2.93. The number of hydrogen-bond acceptors (Lipinski definition) is 4. The zero-order chi connectivity index (χ0) is 15.3. The lowest BCUT2D eigenvalue weighted by Gasteiger charge is -2.25. The molecule has 5 heteroatoms. The first kappa shape index (κ1) is 16.3. The zero-order valence-corrected chi connectivity index (χ0v) is 12.4. The predicted molar refractivity (Wildman–Crippen MR) is 77.1 cm³/mol. The van der Waals surface area contributed by atoms with Gasteiger partial charge in [0, 0.05) is 12.6 Å². The van der Waals surface area contributed by atoms with E-state index in [1.807, 2.05) is 13.8 Å². The minimum absolute atomic E-state index is 0.134. The molecule has 0 bridgehead atoms. The molecule has 112 valence electrons. The van der Waals surface area contributed by atoms with E-state index in [4.69, 9.17) is 4.74 Å². The highest BCUT2D eigenvalue weighted by atomic mass is 16.5. The molecule has 3 N–H and O–H groups in total. The summed E-state index contributed by atoms with van der Waals surface area (Å²) in [5.41, 5.74) is -0.808. The van der Waals surface area contributed by atoms with Crippen molar-refractivity contribution < 1.29 is 19.7 Å². The van der Waals surface area contributed by atoms with E-state index in [0.29, 0.717) is 18.1 Å². The van der Waals surface area contributed by atoms with Crippen LogP contribution in [-0.2, 0) is 0 Å². The summed E-state index contributed by atoms with van der Waals surface area (Å²) in [5, 5.41) is 22.5. The number of ether oxygens (including phenoxy) is 1. The number of amides is 1. The van der Waals surface area contributed by atoms with Crippen molar-refractivity contribution in [1.82, 2.24) is 5.32 Å². The van der Waals surface area contributed by atoms with Crippen molar-refractivity contribution in [3.63, 3.8) is 0 Å². The van der Waals surface area contributed by atoms with Crippen molar-refractivity contribution in [3.05, 3.63) is 23.8 Å². The van der Waals surface area contributed by atoms with Crippen LogP contribution in [0.25, 0.3) is 0 Å². The van der Waals surface area contributed by atoms with Crippen molar-refractivity contribution in [2.45, 2.75) is 32.8 Å². The van der Waals surface area contributed by atoms with Gasteiger partial charge in [-0.25, -0.2) is 0 Å². The first-order valence-electron chi connectivity index (χ1n) is 6.63. The van der Waals surface area contributed by atoms with Crippen molar-refractivity contribution >= 4 is 5.91 Å². The van der Waals surface area contributed by atoms with Crippen LogP contribution < -0.4 is 10.1 Å². The van der Waals surface area contributed by atoms with E-state index in [1.54, 1.807) is 13.0 Å². The summed E-state index contributed by atoms with van der Waals surface area (Å²) in [6.45, 7) is 5.83. The molecule has 1 atom stereocenters. The Labute approximate surface area is 119 Å². The molecular weight excluding hydrogens is 258 g/mol. The number of carbonyl (C=O) groups excluding carboxylic acids is 1. The van der Waals surface area contributed by atoms with Crippen molar-refractivity contribution in [2.24, 2.45) is 5.92 Å². The van der Waals surface area contributed by atoms with Crippen molar-refractivity contribution in [1.29, 1.82) is 0 Å². The monoisotopic (exact) mass is 281 g/mol. The Morgan fingerprint density at radius 1 is 1.45 bits per heavy atom. The van der Waals surface area contributed by atoms with Gasteiger partial charge in [-0.2, -0.15) is 0 Å². The number of hydrogen-bond donors (Lipinski definition) is 3. The van der Waals surface area contributed by atoms with Crippen molar-refractivity contribution in [2.75, 3.05) is 13.7 Å². The topological polar surface area (TPSA) is 78.8 Å². The van der Waals surface area contributed by atoms with Gasteiger partial charge >= 0.3 is 0 Å². The first-order chi connectivity index (χ1) is 9.25. The molecule has 0 aliphatic carbocycles. The van der Waals surface area contributed by atoms with E-state index in [2.05, 4.69) is 5.32 Å². The first-order valence-corrected chi connectivity index (χ1v) is 6.63. The van der Waals surface area contributed by atoms with Gasteiger partial charge in [0.15, 0.2) is 0 Å². The van der Waals surface area contributed by atoms with E-state index < -0.39 is 11.5 Å². The van der Waals surface area contributed by atoms with E-state index in [9.17, 15) is 15.0 Å². The van der Waals surface area contributed by atoms with Crippen LogP contribution in [-0.4, -0.2) is 35.4 Å². The van der Waals surface area contributed by atoms with Gasteiger partial charge in [-0.15, -0.1) is 0 Å². The van der Waals surface area contributed by atoms with Gasteiger partial charge in [0.25, 0.3) is 5.91 Å². The quantitative estimate of drug-likeness (QED) is 0.744. The Kier molecular flexibility index (Phi) is 5.39. The maximum atomic E-state index is 12.0. The van der Waals surface area contributed by atoms with E-state index >= 15 is 0 Å². The molecule has 1 aromatic carbocycles. The second kappa shape index (κ2) is 6.61. The number of benzene rings is 1. The van der Waals surface area contributed by atoms with Crippen LogP contribution in [0.2, 0.25) is 0 Å². The number of aliphatic hydroxyl groups is 1. The highest BCUT2D eigenvalue weighted by molar-refractivity contribution is 5.97. The van der Waals surface area contributed by atoms with Crippen LogP contribution in [0, 0.1) is 5.92 Å². The van der Waals surface area contributed by atoms with Gasteiger partial charge in [0.05, 0.1) is 18.3 Å². The van der Waals surface area contributed by atoms with Crippen LogP contribution in [0.15, 0.2) is 18.2 Å². The number of aromatic hydroxyl groups is 1. The van der Waals surface area contributed by atoms with Gasteiger partial charge in [-0.1, -0.05) is 13.8 Å². The minimum atomic E-state index is -0.966. The summed E-state index contributed by atoms with van der Waals surface area (Å²) >= 11 is 0. The average molecular weight is 281 g/mol. The van der Waals surface area contributed by atoms with Crippen LogP contribution in [0.5, 0.6) is 11.5 Å². The summed E-state index contributed by atoms with van der Waals surface area (Å²) < 4.78 is 4.96. The molecule has 0 saturated carbocycles. The molecule has 5 nitrogen and oxygen atoms in total. The second-order valence-corrected chi connectivity index (χ2v) is 5.66. The molecule has 1 unspecified atom stereocenters. The largest absolute Gasteiger partial charge is 0.507 e. The SMILES string of the molecule is COc1ccc(C(=O)NCC(C)(O)CC(C)C)c(O)c1. The fourth-order valence-electron chi connectivity index (χ4n) is 2.15. The number of carbonyl (C=O) groups is 1. The molecule has 0 heterocycles. The molecule has 0 spiro atoms. The maximum absolute atomic E-state index is 12.0. The Bertz CT molecular complexity index is 469. The van der Waals surface area contributed by atoms with Crippen molar-refractivity contribution in [3.8, 4) is 11.5 Å². The molecule has 20 heavy (non-hydrogen) atoms. The summed E-state index contributed by atoms with van der Waals surface area (Å²) in [5.74, 6) is 0.238. The minimum Gasteiger partial charge on any atom is -0.507 e. The third-order valence-electron chi connectivity index (χ3n) is 2.93. The molecule has 0 fully saturated rings. The van der Waals surface area contributed by atoms with Crippen LogP contribution in [0.3, 0.4) is 0 Å². The summed E-state index contributed by atoms with van der Waals surface area (Å²) in [6, 6.07) is 4.46. The summed E-state index contributed by atoms with van der Waals surface area (Å²) in [7, 11) is 1.48. The van der Waals surface area contributed by atoms with Crippen LogP contribution in [0.1, 0.15) is 37.6 Å². The predicted octanol–water partition coefficient (Wildman–Crippen LogP) is 1.93. The molecule has 1 aromatic rings. The molecule has 1 rings (SSSR count). The highest BCUT2D eigenvalue weighted by Crippen LogP contribution is 2.23. The Balaban J connectivity index is 2.68. The lowest BCUT2D eigenvalue weighted by molar-refractivity contribution is 0.0368. The number of phenols is 1. The average Bonchev–Trinajstić information content (AvgIpc) is 2.34. The Morgan fingerprint density at radius 3 is 2.60 bits per heavy atom. The maximum Gasteiger partial charge on any atom is 0.255 e. The summed E-state index contributed by atoms with van der Waals surface area (Å²) in [4.78, 5) is 12.0. The zero-order valence-electron chi connectivity index (χ0n) is 12.4. The van der Waals surface area contributed by atoms with Gasteiger partial charge in [0.2, 0.25) is 0 Å². The molecule has 1 amide bonds. The third kappa shape index (κ3) is 4.74.